The number of nitrogens with two attached hydrogens (primary N) is 1. The van der Waals surface area contributed by atoms with Crippen molar-refractivity contribution >= 4 is 0 Å². The number of aliphatic hydroxyl groups excluding tert-OH is 1. The third-order valence-corrected chi connectivity index (χ3v) is 2.82. The van der Waals surface area contributed by atoms with Gasteiger partial charge < -0.3 is 15.9 Å². The van der Waals surface area contributed by atoms with Crippen LogP contribution in [0.15, 0.2) is 42.5 Å². The minimum Gasteiger partial charge on any atom is -0.508 e. The summed E-state index contributed by atoms with van der Waals surface area (Å²) in [6, 6.07) is 9.97. The summed E-state index contributed by atoms with van der Waals surface area (Å²) in [4.78, 5) is 0. The molecule has 4 N–H and O–H groups in total. The Hall–Kier alpha value is -2.35. The van der Waals surface area contributed by atoms with Crippen molar-refractivity contribution in [1.82, 2.24) is 0 Å². The number of aromatic hydroxyl groups is 1. The second-order valence-corrected chi connectivity index (χ2v) is 4.32. The molecule has 0 amide bonds. The fraction of sp³-hybridized carbons (Fsp3) is 0.125. The van der Waals surface area contributed by atoms with E-state index in [0.29, 0.717) is 16.7 Å². The summed E-state index contributed by atoms with van der Waals surface area (Å²) in [6.45, 7) is -0.262. The zero-order valence-electron chi connectivity index (χ0n) is 10.7. The Morgan fingerprint density at radius 2 is 1.65 bits per heavy atom. The fourth-order valence-electron chi connectivity index (χ4n) is 1.71. The zero-order valence-corrected chi connectivity index (χ0v) is 10.7. The van der Waals surface area contributed by atoms with Crippen LogP contribution < -0.4 is 5.73 Å². The molecule has 0 aliphatic carbocycles. The lowest BCUT2D eigenvalue weighted by Crippen LogP contribution is -2.14. The van der Waals surface area contributed by atoms with Crippen molar-refractivity contribution in [2.45, 2.75) is 6.04 Å². The van der Waals surface area contributed by atoms with Crippen LogP contribution in [0.1, 0.15) is 22.7 Å². The van der Waals surface area contributed by atoms with Crippen LogP contribution in [0.4, 0.5) is 4.39 Å². The molecule has 0 bridgehead atoms. The summed E-state index contributed by atoms with van der Waals surface area (Å²) in [6.07, 6.45) is 0. The summed E-state index contributed by atoms with van der Waals surface area (Å²) >= 11 is 0. The van der Waals surface area contributed by atoms with E-state index in [1.54, 1.807) is 24.3 Å². The standard InChI is InChI=1S/C16H14FNO2/c17-13-6-3-11(4-7-13)1-2-12-5-8-16(20)14(9-12)15(18)10-19/h3-9,15,19-20H,10,18H2/t15-/m1/s1. The van der Waals surface area contributed by atoms with E-state index in [2.05, 4.69) is 11.8 Å². The van der Waals surface area contributed by atoms with Gasteiger partial charge in [-0.15, -0.1) is 0 Å². The summed E-state index contributed by atoms with van der Waals surface area (Å²) in [7, 11) is 0. The molecule has 2 rings (SSSR count). The van der Waals surface area contributed by atoms with Gasteiger partial charge >= 0.3 is 0 Å². The molecule has 2 aromatic rings. The number of hydrogen-bond donors (Lipinski definition) is 3. The molecule has 4 heteroatoms. The van der Waals surface area contributed by atoms with Gasteiger partial charge in [0, 0.05) is 16.7 Å². The Morgan fingerprint density at radius 3 is 2.30 bits per heavy atom. The van der Waals surface area contributed by atoms with Gasteiger partial charge in [-0.3, -0.25) is 0 Å². The largest absolute Gasteiger partial charge is 0.508 e. The predicted molar refractivity (Wildman–Crippen MR) is 74.5 cm³/mol. The number of rotatable bonds is 2. The first-order valence-corrected chi connectivity index (χ1v) is 6.07. The third kappa shape index (κ3) is 3.35. The molecule has 0 saturated carbocycles. The molecule has 0 spiro atoms. The molecule has 1 atom stereocenters. The first-order chi connectivity index (χ1) is 9.60. The maximum atomic E-state index is 12.8. The SMILES string of the molecule is N[C@H](CO)c1cc(C#Cc2ccc(F)cc2)ccc1O. The molecular weight excluding hydrogens is 257 g/mol. The van der Waals surface area contributed by atoms with Crippen molar-refractivity contribution in [3.63, 3.8) is 0 Å². The van der Waals surface area contributed by atoms with E-state index in [4.69, 9.17) is 10.8 Å². The van der Waals surface area contributed by atoms with Crippen LogP contribution in [0.2, 0.25) is 0 Å². The molecule has 0 unspecified atom stereocenters. The first kappa shape index (κ1) is 14.1. The van der Waals surface area contributed by atoms with E-state index in [0.717, 1.165) is 0 Å². The van der Waals surface area contributed by atoms with E-state index in [9.17, 15) is 9.50 Å². The number of aliphatic hydroxyl groups is 1. The van der Waals surface area contributed by atoms with Gasteiger partial charge in [0.15, 0.2) is 0 Å². The van der Waals surface area contributed by atoms with Gasteiger partial charge in [0.25, 0.3) is 0 Å². The molecule has 20 heavy (non-hydrogen) atoms. The number of benzene rings is 2. The van der Waals surface area contributed by atoms with Gasteiger partial charge in [0.2, 0.25) is 0 Å². The van der Waals surface area contributed by atoms with Crippen LogP contribution in [-0.4, -0.2) is 16.8 Å². The molecule has 3 nitrogen and oxygen atoms in total. The lowest BCUT2D eigenvalue weighted by molar-refractivity contribution is 0.265. The van der Waals surface area contributed by atoms with Gasteiger partial charge in [-0.2, -0.15) is 0 Å². The van der Waals surface area contributed by atoms with E-state index >= 15 is 0 Å². The topological polar surface area (TPSA) is 66.5 Å². The summed E-state index contributed by atoms with van der Waals surface area (Å²) in [5.41, 5.74) is 7.48. The monoisotopic (exact) mass is 271 g/mol. The highest BCUT2D eigenvalue weighted by molar-refractivity contribution is 5.48. The van der Waals surface area contributed by atoms with E-state index in [-0.39, 0.29) is 18.2 Å². The Balaban J connectivity index is 2.29. The average molecular weight is 271 g/mol. The quantitative estimate of drug-likeness (QED) is 0.731. The Bertz CT molecular complexity index is 656. The molecule has 0 aliphatic rings. The van der Waals surface area contributed by atoms with Gasteiger partial charge in [0.05, 0.1) is 12.6 Å². The molecule has 0 aromatic heterocycles. The van der Waals surface area contributed by atoms with Crippen LogP contribution in [0.5, 0.6) is 5.75 Å². The lowest BCUT2D eigenvalue weighted by Gasteiger charge is -2.10. The van der Waals surface area contributed by atoms with Gasteiger partial charge in [-0.05, 0) is 42.5 Å². The lowest BCUT2D eigenvalue weighted by atomic mass is 10.0. The predicted octanol–water partition coefficient (Wildman–Crippen LogP) is 1.92. The van der Waals surface area contributed by atoms with E-state index < -0.39 is 6.04 Å². The second-order valence-electron chi connectivity index (χ2n) is 4.32. The van der Waals surface area contributed by atoms with E-state index in [1.165, 1.54) is 18.2 Å². The minimum absolute atomic E-state index is 0.0267. The molecule has 0 aliphatic heterocycles. The van der Waals surface area contributed by atoms with Crippen molar-refractivity contribution in [1.29, 1.82) is 0 Å². The van der Waals surface area contributed by atoms with Gasteiger partial charge in [0.1, 0.15) is 11.6 Å². The number of hydrogen-bond acceptors (Lipinski definition) is 3. The maximum absolute atomic E-state index is 12.8. The second kappa shape index (κ2) is 6.20. The highest BCUT2D eigenvalue weighted by Crippen LogP contribution is 2.23. The Morgan fingerprint density at radius 1 is 1.05 bits per heavy atom. The molecule has 0 heterocycles. The van der Waals surface area contributed by atoms with Crippen molar-refractivity contribution in [2.24, 2.45) is 5.73 Å². The van der Waals surface area contributed by atoms with Gasteiger partial charge in [-0.25, -0.2) is 4.39 Å². The van der Waals surface area contributed by atoms with Crippen LogP contribution in [0.3, 0.4) is 0 Å². The number of phenolic OH excluding ortho intramolecular Hbond substituents is 1. The normalized spacial score (nSPS) is 11.6. The van der Waals surface area contributed by atoms with Crippen LogP contribution in [0, 0.1) is 17.7 Å². The maximum Gasteiger partial charge on any atom is 0.123 e. The molecule has 0 saturated heterocycles. The average Bonchev–Trinajstić information content (AvgIpc) is 2.47. The third-order valence-electron chi connectivity index (χ3n) is 2.82. The molecule has 102 valence electrons. The van der Waals surface area contributed by atoms with Crippen LogP contribution in [-0.2, 0) is 0 Å². The smallest absolute Gasteiger partial charge is 0.123 e. The molecule has 0 fully saturated rings. The summed E-state index contributed by atoms with van der Waals surface area (Å²) in [5, 5.41) is 18.7. The van der Waals surface area contributed by atoms with Gasteiger partial charge in [-0.1, -0.05) is 11.8 Å². The first-order valence-electron chi connectivity index (χ1n) is 6.07. The Labute approximate surface area is 116 Å². The van der Waals surface area contributed by atoms with E-state index in [1.807, 2.05) is 0 Å². The highest BCUT2D eigenvalue weighted by atomic mass is 19.1. The van der Waals surface area contributed by atoms with Crippen molar-refractivity contribution < 1.29 is 14.6 Å². The highest BCUT2D eigenvalue weighted by Gasteiger charge is 2.09. The molecular formula is C16H14FNO2. The zero-order chi connectivity index (χ0) is 14.5. The number of halogens is 1. The molecule has 0 radical (unpaired) electrons. The van der Waals surface area contributed by atoms with Crippen molar-refractivity contribution in [3.8, 4) is 17.6 Å². The van der Waals surface area contributed by atoms with Crippen LogP contribution >= 0.6 is 0 Å². The van der Waals surface area contributed by atoms with Crippen LogP contribution in [0.25, 0.3) is 0 Å². The summed E-state index contributed by atoms with van der Waals surface area (Å²) in [5.74, 6) is 5.51. The van der Waals surface area contributed by atoms with Crippen molar-refractivity contribution in [3.05, 3.63) is 65.0 Å². The fourth-order valence-corrected chi connectivity index (χ4v) is 1.71. The molecule has 2 aromatic carbocycles. The summed E-state index contributed by atoms with van der Waals surface area (Å²) < 4.78 is 12.8. The Kier molecular flexibility index (Phi) is 4.36. The number of phenols is 1. The van der Waals surface area contributed by atoms with Crippen molar-refractivity contribution in [2.75, 3.05) is 6.61 Å². The minimum atomic E-state index is -0.650.